The lowest BCUT2D eigenvalue weighted by molar-refractivity contribution is -0.149. The fraction of sp³-hybridized carbons (Fsp3) is 0.417. The third kappa shape index (κ3) is 4.78. The molecule has 1 aliphatic rings. The monoisotopic (exact) mass is 304 g/mol. The van der Waals surface area contributed by atoms with Crippen molar-refractivity contribution in [3.05, 3.63) is 24.3 Å². The minimum Gasteiger partial charge on any atom is -0.458 e. The molecule has 2 rings (SSSR count). The topological polar surface area (TPSA) is 81.9 Å². The number of benzene rings is 1. The van der Waals surface area contributed by atoms with Crippen LogP contribution in [0.4, 0.5) is 0 Å². The molecule has 0 aromatic heterocycles. The van der Waals surface area contributed by atoms with Crippen LogP contribution in [0, 0.1) is 0 Å². The summed E-state index contributed by atoms with van der Waals surface area (Å²) in [4.78, 5) is 11.1. The fourth-order valence-electron chi connectivity index (χ4n) is 1.02. The minimum atomic E-state index is -2.29. The van der Waals surface area contributed by atoms with Crippen molar-refractivity contribution in [3.63, 3.8) is 0 Å². The third-order valence-electron chi connectivity index (χ3n) is 2.15. The second kappa shape index (κ2) is 6.33. The zero-order valence-corrected chi connectivity index (χ0v) is 12.6. The minimum absolute atomic E-state index is 0.285. The van der Waals surface area contributed by atoms with E-state index in [1.165, 1.54) is 6.92 Å². The van der Waals surface area contributed by atoms with E-state index in [9.17, 15) is 9.36 Å². The number of nitrogens with two attached hydrogens (primary N) is 1. The summed E-state index contributed by atoms with van der Waals surface area (Å²) in [5, 5.41) is -1.60. The van der Waals surface area contributed by atoms with Crippen LogP contribution in [0.5, 0.6) is 11.5 Å². The van der Waals surface area contributed by atoms with Gasteiger partial charge in [-0.15, -0.1) is 0 Å². The summed E-state index contributed by atoms with van der Waals surface area (Å²) < 4.78 is 20.5. The zero-order chi connectivity index (χ0) is 14.6. The summed E-state index contributed by atoms with van der Waals surface area (Å²) in [5.41, 5.74) is 5.36. The molecule has 2 N–H and O–H groups in total. The molecule has 2 unspecified atom stereocenters. The second-order valence-corrected chi connectivity index (χ2v) is 6.73. The van der Waals surface area contributed by atoms with Crippen LogP contribution in [0.2, 0.25) is 0 Å². The first-order valence-corrected chi connectivity index (χ1v) is 7.81. The molecule has 1 heterocycles. The maximum atomic E-state index is 11.1. The van der Waals surface area contributed by atoms with E-state index < -0.39 is 18.4 Å². The molecule has 0 amide bonds. The maximum Gasteiger partial charge on any atom is 0.488 e. The van der Waals surface area contributed by atoms with E-state index in [4.69, 9.17) is 26.4 Å². The molecule has 0 bridgehead atoms. The summed E-state index contributed by atoms with van der Waals surface area (Å²) in [5.74, 6) is 1.32. The molecule has 0 spiro atoms. The number of hydrogen-bond acceptors (Lipinski definition) is 5. The van der Waals surface area contributed by atoms with Gasteiger partial charge in [-0.2, -0.15) is 0 Å². The van der Waals surface area contributed by atoms with Gasteiger partial charge < -0.3 is 9.47 Å². The predicted octanol–water partition coefficient (Wildman–Crippen LogP) is 3.39. The molecule has 2 atom stereocenters. The van der Waals surface area contributed by atoms with Crippen molar-refractivity contribution in [1.82, 2.24) is 0 Å². The van der Waals surface area contributed by atoms with Gasteiger partial charge in [0, 0.05) is 6.92 Å². The van der Waals surface area contributed by atoms with E-state index >= 15 is 0 Å². The van der Waals surface area contributed by atoms with Crippen LogP contribution in [-0.4, -0.2) is 17.4 Å². The highest BCUT2D eigenvalue weighted by atomic mass is 35.7. The van der Waals surface area contributed by atoms with Gasteiger partial charge in [0.1, 0.15) is 0 Å². The summed E-state index contributed by atoms with van der Waals surface area (Å²) >= 11 is 5.23. The molecular weight excluding hydrogens is 289 g/mol. The van der Waals surface area contributed by atoms with E-state index in [1.54, 1.807) is 13.8 Å². The Bertz CT molecular complexity index is 469. The van der Waals surface area contributed by atoms with Gasteiger partial charge in [-0.1, -0.05) is 12.1 Å². The average molecular weight is 305 g/mol. The molecule has 19 heavy (non-hydrogen) atoms. The Hall–Kier alpha value is -1.16. The molecule has 0 radical (unpaired) electrons. The number of fused-ring (bicyclic) bond motifs is 1. The number of carbonyl (C=O) groups excluding carboxylic acids is 1. The smallest absolute Gasteiger partial charge is 0.458 e. The van der Waals surface area contributed by atoms with E-state index in [2.05, 4.69) is 0 Å². The van der Waals surface area contributed by atoms with Gasteiger partial charge in [0.2, 0.25) is 11.2 Å². The van der Waals surface area contributed by atoms with E-state index in [-0.39, 0.29) is 6.10 Å². The molecular formula is C12H16ClNO4P+. The lowest BCUT2D eigenvalue weighted by Crippen LogP contribution is -2.42. The van der Waals surface area contributed by atoms with Crippen LogP contribution < -0.4 is 10.5 Å². The number of hydrogen-bond donors (Lipinski definition) is 1. The Kier molecular flexibility index (Phi) is 5.29. The van der Waals surface area contributed by atoms with Gasteiger partial charge in [-0.3, -0.25) is 5.73 Å². The Balaban J connectivity index is 0.000000213. The van der Waals surface area contributed by atoms with E-state index in [1.807, 2.05) is 24.3 Å². The normalized spacial score (nSPS) is 15.2. The molecule has 1 aromatic carbocycles. The molecule has 0 fully saturated rings. The highest BCUT2D eigenvalue weighted by molar-refractivity contribution is 7.75. The number of para-hydroxylation sites is 2. The number of carbonyl (C=O) groups is 1. The number of rotatable bonds is 3. The van der Waals surface area contributed by atoms with Crippen molar-refractivity contribution in [2.24, 2.45) is 5.73 Å². The SMILES string of the molecule is CC(C)OC(=O)C(C)(N)[P+](=O)Cl.c1ccc2c(c1)O2. The maximum absolute atomic E-state index is 11.1. The lowest BCUT2D eigenvalue weighted by atomic mass is 10.3. The highest BCUT2D eigenvalue weighted by Crippen LogP contribution is 2.43. The molecule has 1 aromatic rings. The standard InChI is InChI=1S/C6H12ClNO3P.C6H4O/c1-4(2)11-5(9)6(3,8)12(7)10;1-2-4-6-5(3-1)7-6/h4H,8H2,1-3H3;1-4H/q+1;. The predicted molar refractivity (Wildman–Crippen MR) is 73.8 cm³/mol. The zero-order valence-electron chi connectivity index (χ0n) is 10.9. The van der Waals surface area contributed by atoms with Crippen LogP contribution in [0.25, 0.3) is 0 Å². The molecule has 5 nitrogen and oxygen atoms in total. The van der Waals surface area contributed by atoms with Gasteiger partial charge in [0.25, 0.3) is 0 Å². The van der Waals surface area contributed by atoms with Crippen molar-refractivity contribution in [3.8, 4) is 11.5 Å². The lowest BCUT2D eigenvalue weighted by Gasteiger charge is -2.12. The first-order valence-electron chi connectivity index (χ1n) is 5.65. The molecule has 7 heteroatoms. The van der Waals surface area contributed by atoms with Crippen LogP contribution in [0.15, 0.2) is 24.3 Å². The van der Waals surface area contributed by atoms with Crippen molar-refractivity contribution in [2.75, 3.05) is 0 Å². The van der Waals surface area contributed by atoms with Crippen LogP contribution >= 0.6 is 18.4 Å². The highest BCUT2D eigenvalue weighted by Gasteiger charge is 2.49. The van der Waals surface area contributed by atoms with Crippen molar-refractivity contribution in [1.29, 1.82) is 0 Å². The van der Waals surface area contributed by atoms with Gasteiger partial charge in [0.05, 0.1) is 6.10 Å². The van der Waals surface area contributed by atoms with E-state index in [0.29, 0.717) is 0 Å². The van der Waals surface area contributed by atoms with Gasteiger partial charge in [-0.25, -0.2) is 4.79 Å². The van der Waals surface area contributed by atoms with Crippen molar-refractivity contribution < 1.29 is 18.8 Å². The van der Waals surface area contributed by atoms with Crippen LogP contribution in [0.1, 0.15) is 20.8 Å². The summed E-state index contributed by atoms with van der Waals surface area (Å²) in [7, 11) is -2.29. The average Bonchev–Trinajstić information content (AvgIpc) is 3.07. The Morgan fingerprint density at radius 3 is 2.21 bits per heavy atom. The third-order valence-corrected chi connectivity index (χ3v) is 4.12. The molecule has 104 valence electrons. The van der Waals surface area contributed by atoms with Crippen molar-refractivity contribution in [2.45, 2.75) is 32.2 Å². The summed E-state index contributed by atoms with van der Waals surface area (Å²) in [6.45, 7) is 4.63. The first kappa shape index (κ1) is 15.9. The van der Waals surface area contributed by atoms with E-state index in [0.717, 1.165) is 11.5 Å². The van der Waals surface area contributed by atoms with Gasteiger partial charge in [-0.05, 0) is 30.5 Å². The van der Waals surface area contributed by atoms with Gasteiger partial charge in [0.15, 0.2) is 11.5 Å². The number of halogens is 1. The Morgan fingerprint density at radius 2 is 1.89 bits per heavy atom. The second-order valence-electron chi connectivity index (χ2n) is 4.40. The largest absolute Gasteiger partial charge is 0.488 e. The Morgan fingerprint density at radius 1 is 1.42 bits per heavy atom. The molecule has 1 aliphatic heterocycles. The summed E-state index contributed by atoms with van der Waals surface area (Å²) in [6.07, 6.45) is -0.285. The van der Waals surface area contributed by atoms with Crippen LogP contribution in [-0.2, 0) is 14.1 Å². The fourth-order valence-corrected chi connectivity index (χ4v) is 1.42. The quantitative estimate of drug-likeness (QED) is 0.534. The number of ether oxygens (including phenoxy) is 2. The molecule has 0 aliphatic carbocycles. The van der Waals surface area contributed by atoms with Crippen molar-refractivity contribution >= 4 is 24.4 Å². The van der Waals surface area contributed by atoms with Crippen LogP contribution in [0.3, 0.4) is 0 Å². The summed E-state index contributed by atoms with van der Waals surface area (Å²) in [6, 6.07) is 7.84. The molecule has 0 saturated carbocycles. The Labute approximate surface area is 117 Å². The molecule has 0 saturated heterocycles. The van der Waals surface area contributed by atoms with Gasteiger partial charge >= 0.3 is 18.4 Å². The number of esters is 1. The first-order chi connectivity index (χ1) is 8.75.